The van der Waals surface area contributed by atoms with E-state index in [0.29, 0.717) is 46.0 Å². The monoisotopic (exact) mass is 667 g/mol. The molecule has 4 aromatic rings. The summed E-state index contributed by atoms with van der Waals surface area (Å²) in [6.45, 7) is 12.7. The van der Waals surface area contributed by atoms with Crippen molar-refractivity contribution in [2.75, 3.05) is 51.1 Å². The van der Waals surface area contributed by atoms with E-state index in [0.717, 1.165) is 36.0 Å². The van der Waals surface area contributed by atoms with Gasteiger partial charge in [-0.3, -0.25) is 0 Å². The lowest BCUT2D eigenvalue weighted by Gasteiger charge is -2.44. The van der Waals surface area contributed by atoms with Gasteiger partial charge in [0.05, 0.1) is 11.8 Å². The van der Waals surface area contributed by atoms with Gasteiger partial charge in [0.15, 0.2) is 0 Å². The van der Waals surface area contributed by atoms with Crippen LogP contribution in [0, 0.1) is 30.0 Å². The van der Waals surface area contributed by atoms with Crippen LogP contribution in [0.2, 0.25) is 0 Å². The second-order valence-electron chi connectivity index (χ2n) is 15.1. The number of anilines is 1. The summed E-state index contributed by atoms with van der Waals surface area (Å²) in [7, 11) is 0. The first-order valence-electron chi connectivity index (χ1n) is 18.1. The molecule has 3 fully saturated rings. The molecule has 0 aliphatic carbocycles. The highest BCUT2D eigenvalue weighted by Crippen LogP contribution is 2.40. The first-order valence-corrected chi connectivity index (χ1v) is 18.1. The van der Waals surface area contributed by atoms with Crippen LogP contribution in [0.5, 0.6) is 0 Å². The molecular formula is C39H50FN7O2. The molecule has 3 saturated heterocycles. The van der Waals surface area contributed by atoms with Crippen molar-refractivity contribution in [3.05, 3.63) is 65.7 Å². The zero-order valence-corrected chi connectivity index (χ0v) is 29.1. The van der Waals surface area contributed by atoms with Gasteiger partial charge in [0.25, 0.3) is 0 Å². The zero-order valence-electron chi connectivity index (χ0n) is 29.1. The Bertz CT molecular complexity index is 1770. The molecule has 0 saturated carbocycles. The number of nitrogens with zero attached hydrogens (tertiary/aromatic N) is 4. The second-order valence-corrected chi connectivity index (χ2v) is 15.1. The third kappa shape index (κ3) is 7.37. The van der Waals surface area contributed by atoms with Gasteiger partial charge in [0, 0.05) is 47.9 Å². The van der Waals surface area contributed by atoms with E-state index in [4.69, 9.17) is 0 Å². The molecule has 260 valence electrons. The fourth-order valence-electron chi connectivity index (χ4n) is 8.26. The third-order valence-corrected chi connectivity index (χ3v) is 11.3. The maximum Gasteiger partial charge on any atom is 0.321 e. The molecule has 3 aliphatic rings. The molecule has 10 heteroatoms. The minimum Gasteiger partial charge on any atom is -0.391 e. The van der Waals surface area contributed by atoms with E-state index in [1.165, 1.54) is 75.9 Å². The maximum atomic E-state index is 15.1. The largest absolute Gasteiger partial charge is 0.391 e. The molecule has 3 aliphatic heterocycles. The number of urea groups is 1. The van der Waals surface area contributed by atoms with Gasteiger partial charge in [0.1, 0.15) is 17.8 Å². The van der Waals surface area contributed by atoms with Gasteiger partial charge in [-0.15, -0.1) is 0 Å². The molecule has 1 spiro atoms. The van der Waals surface area contributed by atoms with Crippen LogP contribution in [0.25, 0.3) is 33.5 Å². The number of fused-ring (bicyclic) bond motifs is 1. The highest BCUT2D eigenvalue weighted by molar-refractivity contribution is 5.97. The molecule has 2 atom stereocenters. The van der Waals surface area contributed by atoms with E-state index in [9.17, 15) is 9.90 Å². The molecule has 2 unspecified atom stereocenters. The Labute approximate surface area is 288 Å². The van der Waals surface area contributed by atoms with Crippen molar-refractivity contribution >= 4 is 22.8 Å². The van der Waals surface area contributed by atoms with Crippen molar-refractivity contribution in [3.8, 4) is 22.5 Å². The van der Waals surface area contributed by atoms with Gasteiger partial charge in [-0.2, -0.15) is 0 Å². The number of hydrogen-bond acceptors (Lipinski definition) is 6. The quantitative estimate of drug-likeness (QED) is 0.168. The summed E-state index contributed by atoms with van der Waals surface area (Å²) in [5, 5.41) is 17.7. The van der Waals surface area contributed by atoms with Crippen LogP contribution in [0.15, 0.2) is 48.8 Å². The molecule has 0 bridgehead atoms. The summed E-state index contributed by atoms with van der Waals surface area (Å²) in [6, 6.07) is 13.2. The average molecular weight is 668 g/mol. The topological polar surface area (TPSA) is 109 Å². The zero-order chi connectivity index (χ0) is 34.1. The normalized spacial score (nSPS) is 21.2. The number of nitrogens with one attached hydrogen (secondary N) is 3. The minimum absolute atomic E-state index is 0.0370. The number of aliphatic hydroxyl groups excluding tert-OH is 1. The van der Waals surface area contributed by atoms with Crippen molar-refractivity contribution < 1.29 is 14.3 Å². The lowest BCUT2D eigenvalue weighted by Crippen LogP contribution is -2.45. The molecule has 2 aromatic carbocycles. The Morgan fingerprint density at radius 3 is 2.55 bits per heavy atom. The van der Waals surface area contributed by atoms with Crippen LogP contribution in [0.4, 0.5) is 14.9 Å². The second kappa shape index (κ2) is 14.2. The number of β-amino-alcohol motifs (C(OH)–C–C–N with tert-alkyl or cyclic N) is 1. The van der Waals surface area contributed by atoms with E-state index in [1.807, 2.05) is 13.0 Å². The SMILES string of the molecule is Cc1c(NC(=O)N2CC(O)C(CC(C)C)C2)cc(F)cc1-c1ncnc2[nH]c(-c3ccc(CCN4CCC5(CCNCC5)CC4)cc3)cc12. The number of amides is 2. The summed E-state index contributed by atoms with van der Waals surface area (Å²) < 4.78 is 15.1. The van der Waals surface area contributed by atoms with Crippen molar-refractivity contribution in [2.45, 2.75) is 65.4 Å². The molecule has 2 amide bonds. The number of halogens is 1. The van der Waals surface area contributed by atoms with Crippen LogP contribution < -0.4 is 10.6 Å². The summed E-state index contributed by atoms with van der Waals surface area (Å²) in [5.74, 6) is -0.00542. The smallest absolute Gasteiger partial charge is 0.321 e. The number of aromatic amines is 1. The minimum atomic E-state index is -0.558. The number of carbonyl (C=O) groups is 1. The number of likely N-dealkylation sites (tertiary alicyclic amines) is 2. The predicted octanol–water partition coefficient (Wildman–Crippen LogP) is 6.62. The van der Waals surface area contributed by atoms with Gasteiger partial charge in [-0.25, -0.2) is 19.2 Å². The van der Waals surface area contributed by atoms with Crippen LogP contribution >= 0.6 is 0 Å². The predicted molar refractivity (Wildman–Crippen MR) is 193 cm³/mol. The Hall–Kier alpha value is -3.86. The van der Waals surface area contributed by atoms with Crippen LogP contribution in [0.1, 0.15) is 57.1 Å². The van der Waals surface area contributed by atoms with Gasteiger partial charge >= 0.3 is 6.03 Å². The van der Waals surface area contributed by atoms with Gasteiger partial charge in [-0.05, 0) is 118 Å². The van der Waals surface area contributed by atoms with Crippen LogP contribution in [0.3, 0.4) is 0 Å². The van der Waals surface area contributed by atoms with E-state index in [-0.39, 0.29) is 18.5 Å². The number of piperidine rings is 2. The Morgan fingerprint density at radius 2 is 1.82 bits per heavy atom. The Kier molecular flexibility index (Phi) is 9.72. The van der Waals surface area contributed by atoms with Crippen molar-refractivity contribution in [2.24, 2.45) is 17.3 Å². The molecule has 2 aromatic heterocycles. The van der Waals surface area contributed by atoms with E-state index in [1.54, 1.807) is 4.90 Å². The lowest BCUT2D eigenvalue weighted by atomic mass is 9.71. The first kappa shape index (κ1) is 33.6. The van der Waals surface area contributed by atoms with Gasteiger partial charge < -0.3 is 30.5 Å². The number of H-pyrrole nitrogens is 1. The van der Waals surface area contributed by atoms with Crippen molar-refractivity contribution in [1.82, 2.24) is 30.1 Å². The first-order chi connectivity index (χ1) is 23.7. The Morgan fingerprint density at radius 1 is 1.06 bits per heavy atom. The summed E-state index contributed by atoms with van der Waals surface area (Å²) >= 11 is 0. The highest BCUT2D eigenvalue weighted by atomic mass is 19.1. The summed E-state index contributed by atoms with van der Waals surface area (Å²) in [4.78, 5) is 30.0. The summed E-state index contributed by atoms with van der Waals surface area (Å²) in [5.41, 5.74) is 6.81. The lowest BCUT2D eigenvalue weighted by molar-refractivity contribution is 0.0746. The molecule has 0 radical (unpaired) electrons. The van der Waals surface area contributed by atoms with Crippen molar-refractivity contribution in [1.29, 1.82) is 0 Å². The standard InChI is InChI=1S/C39H50FN7O2/c1-25(2)18-29-22-47(23-35(29)48)38(49)45-33-20-30(40)19-31(26(33)3)36-32-21-34(44-37(32)43-24-42-36)28-6-4-27(5-7-28)8-15-46-16-11-39(12-17-46)9-13-41-14-10-39/h4-7,19-21,24-25,29,35,41,48H,8-18,22-23H2,1-3H3,(H,45,49)(H,42,43,44). The number of carbonyl (C=O) groups excluding carboxylic acids is 1. The van der Waals surface area contributed by atoms with E-state index >= 15 is 4.39 Å². The van der Waals surface area contributed by atoms with E-state index < -0.39 is 11.9 Å². The highest BCUT2D eigenvalue weighted by Gasteiger charge is 2.36. The van der Waals surface area contributed by atoms with Crippen LogP contribution in [-0.2, 0) is 6.42 Å². The van der Waals surface area contributed by atoms with Gasteiger partial charge in [0.2, 0.25) is 0 Å². The maximum absolute atomic E-state index is 15.1. The molecule has 49 heavy (non-hydrogen) atoms. The number of aromatic nitrogens is 3. The molecular weight excluding hydrogens is 617 g/mol. The number of aliphatic hydroxyl groups is 1. The Balaban J connectivity index is 1.04. The molecule has 9 nitrogen and oxygen atoms in total. The average Bonchev–Trinajstić information content (AvgIpc) is 3.70. The fourth-order valence-corrected chi connectivity index (χ4v) is 8.26. The molecule has 5 heterocycles. The number of rotatable bonds is 8. The molecule has 4 N–H and O–H groups in total. The fraction of sp³-hybridized carbons (Fsp3) is 0.513. The van der Waals surface area contributed by atoms with Gasteiger partial charge in [-0.1, -0.05) is 38.1 Å². The number of benzene rings is 2. The van der Waals surface area contributed by atoms with Crippen LogP contribution in [-0.4, -0.2) is 87.8 Å². The van der Waals surface area contributed by atoms with E-state index in [2.05, 4.69) is 68.6 Å². The molecule has 7 rings (SSSR count). The summed E-state index contributed by atoms with van der Waals surface area (Å²) in [6.07, 6.45) is 8.11. The number of hydrogen-bond donors (Lipinski definition) is 4. The third-order valence-electron chi connectivity index (χ3n) is 11.3. The van der Waals surface area contributed by atoms with Crippen molar-refractivity contribution in [3.63, 3.8) is 0 Å².